The molecule has 0 saturated heterocycles. The lowest BCUT2D eigenvalue weighted by Gasteiger charge is -2.15. The molecule has 2 amide bonds. The largest absolute Gasteiger partial charge is 0.480 e. The lowest BCUT2D eigenvalue weighted by Crippen LogP contribution is -2.47. The molecule has 6 heteroatoms. The van der Waals surface area contributed by atoms with Gasteiger partial charge in [-0.15, -0.1) is 0 Å². The first-order valence-corrected chi connectivity index (χ1v) is 6.59. The van der Waals surface area contributed by atoms with Crippen LogP contribution in [0.3, 0.4) is 0 Å². The Morgan fingerprint density at radius 3 is 2.50 bits per heavy atom. The van der Waals surface area contributed by atoms with Crippen LogP contribution in [0.15, 0.2) is 30.3 Å². The van der Waals surface area contributed by atoms with Gasteiger partial charge >= 0.3 is 12.0 Å². The number of hydrogen-bond acceptors (Lipinski definition) is 3. The van der Waals surface area contributed by atoms with E-state index < -0.39 is 18.0 Å². The molecule has 0 aliphatic heterocycles. The van der Waals surface area contributed by atoms with Crippen LogP contribution in [0.1, 0.15) is 12.0 Å². The van der Waals surface area contributed by atoms with E-state index in [1.54, 1.807) is 0 Å². The molecule has 110 valence electrons. The minimum Gasteiger partial charge on any atom is -0.480 e. The van der Waals surface area contributed by atoms with Crippen molar-refractivity contribution in [2.24, 2.45) is 0 Å². The van der Waals surface area contributed by atoms with E-state index in [1.807, 2.05) is 37.4 Å². The Balaban J connectivity index is 2.43. The minimum atomic E-state index is -1.04. The van der Waals surface area contributed by atoms with Gasteiger partial charge in [-0.1, -0.05) is 30.3 Å². The third-order valence-electron chi connectivity index (χ3n) is 2.78. The second-order valence-corrected chi connectivity index (χ2v) is 4.44. The Morgan fingerprint density at radius 2 is 1.90 bits per heavy atom. The van der Waals surface area contributed by atoms with Crippen molar-refractivity contribution in [1.82, 2.24) is 16.0 Å². The van der Waals surface area contributed by atoms with Crippen LogP contribution in [0.2, 0.25) is 0 Å². The fourth-order valence-electron chi connectivity index (χ4n) is 1.73. The number of carboxylic acids is 1. The number of carbonyl (C=O) groups is 2. The summed E-state index contributed by atoms with van der Waals surface area (Å²) in [7, 11) is 1.83. The average Bonchev–Trinajstić information content (AvgIpc) is 2.44. The topological polar surface area (TPSA) is 90.5 Å². The Labute approximate surface area is 118 Å². The van der Waals surface area contributed by atoms with Crippen molar-refractivity contribution in [1.29, 1.82) is 0 Å². The zero-order valence-corrected chi connectivity index (χ0v) is 11.6. The standard InChI is InChI=1S/C14H21N3O3/c1-15-8-5-9-16-14(20)17-12(13(18)19)10-11-6-3-2-4-7-11/h2-4,6-7,12,15H,5,8-10H2,1H3,(H,18,19)(H2,16,17,20). The van der Waals surface area contributed by atoms with Gasteiger partial charge in [0, 0.05) is 13.0 Å². The number of urea groups is 1. The van der Waals surface area contributed by atoms with Crippen LogP contribution in [-0.4, -0.2) is 43.3 Å². The van der Waals surface area contributed by atoms with E-state index in [-0.39, 0.29) is 6.42 Å². The van der Waals surface area contributed by atoms with E-state index in [9.17, 15) is 9.59 Å². The lowest BCUT2D eigenvalue weighted by molar-refractivity contribution is -0.139. The smallest absolute Gasteiger partial charge is 0.326 e. The van der Waals surface area contributed by atoms with Crippen LogP contribution in [0.4, 0.5) is 4.79 Å². The van der Waals surface area contributed by atoms with Gasteiger partial charge in [-0.05, 0) is 25.6 Å². The van der Waals surface area contributed by atoms with E-state index in [2.05, 4.69) is 16.0 Å². The number of amides is 2. The highest BCUT2D eigenvalue weighted by Gasteiger charge is 2.19. The van der Waals surface area contributed by atoms with E-state index in [0.29, 0.717) is 6.54 Å². The zero-order valence-electron chi connectivity index (χ0n) is 11.6. The van der Waals surface area contributed by atoms with Gasteiger partial charge in [-0.3, -0.25) is 0 Å². The predicted octanol–water partition coefficient (Wildman–Crippen LogP) is 0.591. The van der Waals surface area contributed by atoms with Gasteiger partial charge in [-0.25, -0.2) is 9.59 Å². The van der Waals surface area contributed by atoms with Crippen LogP contribution in [0.5, 0.6) is 0 Å². The molecular formula is C14H21N3O3. The van der Waals surface area contributed by atoms with Crippen LogP contribution in [0, 0.1) is 0 Å². The molecule has 0 saturated carbocycles. The number of hydrogen-bond donors (Lipinski definition) is 4. The Hall–Kier alpha value is -2.08. The molecule has 20 heavy (non-hydrogen) atoms. The van der Waals surface area contributed by atoms with E-state index in [0.717, 1.165) is 18.5 Å². The van der Waals surface area contributed by atoms with Gasteiger partial charge in [0.2, 0.25) is 0 Å². The quantitative estimate of drug-likeness (QED) is 0.524. The Morgan fingerprint density at radius 1 is 1.20 bits per heavy atom. The molecule has 0 spiro atoms. The van der Waals surface area contributed by atoms with Gasteiger partial charge < -0.3 is 21.1 Å². The van der Waals surface area contributed by atoms with Crippen LogP contribution >= 0.6 is 0 Å². The molecule has 1 aromatic carbocycles. The summed E-state index contributed by atoms with van der Waals surface area (Å²) in [6, 6.07) is 7.83. The summed E-state index contributed by atoms with van der Waals surface area (Å²) in [5.74, 6) is -1.04. The zero-order chi connectivity index (χ0) is 14.8. The molecule has 0 aromatic heterocycles. The fraction of sp³-hybridized carbons (Fsp3) is 0.429. The Bertz CT molecular complexity index is 423. The molecule has 0 radical (unpaired) electrons. The summed E-state index contributed by atoms with van der Waals surface area (Å²) in [4.78, 5) is 22.8. The van der Waals surface area contributed by atoms with Gasteiger partial charge in [0.15, 0.2) is 0 Å². The normalized spacial score (nSPS) is 11.7. The van der Waals surface area contributed by atoms with E-state index in [4.69, 9.17) is 5.11 Å². The van der Waals surface area contributed by atoms with Crippen molar-refractivity contribution in [3.8, 4) is 0 Å². The lowest BCUT2D eigenvalue weighted by atomic mass is 10.1. The minimum absolute atomic E-state index is 0.264. The summed E-state index contributed by atoms with van der Waals surface area (Å²) in [6.45, 7) is 1.30. The van der Waals surface area contributed by atoms with Gasteiger partial charge in [0.05, 0.1) is 0 Å². The van der Waals surface area contributed by atoms with Crippen LogP contribution in [-0.2, 0) is 11.2 Å². The second kappa shape index (κ2) is 8.92. The SMILES string of the molecule is CNCCCNC(=O)NC(Cc1ccccc1)C(=O)O. The second-order valence-electron chi connectivity index (χ2n) is 4.44. The molecule has 0 fully saturated rings. The third kappa shape index (κ3) is 6.19. The van der Waals surface area contributed by atoms with Crippen molar-refractivity contribution in [2.75, 3.05) is 20.1 Å². The molecule has 1 rings (SSSR count). The van der Waals surface area contributed by atoms with E-state index >= 15 is 0 Å². The van der Waals surface area contributed by atoms with Crippen molar-refractivity contribution in [3.05, 3.63) is 35.9 Å². The molecule has 1 unspecified atom stereocenters. The van der Waals surface area contributed by atoms with E-state index in [1.165, 1.54) is 0 Å². The van der Waals surface area contributed by atoms with Gasteiger partial charge in [0.25, 0.3) is 0 Å². The maximum atomic E-state index is 11.6. The number of aliphatic carboxylic acids is 1. The molecule has 4 N–H and O–H groups in total. The maximum Gasteiger partial charge on any atom is 0.326 e. The number of carbonyl (C=O) groups excluding carboxylic acids is 1. The highest BCUT2D eigenvalue weighted by atomic mass is 16.4. The summed E-state index contributed by atoms with van der Waals surface area (Å²) in [5, 5.41) is 17.2. The molecule has 0 aliphatic rings. The first-order valence-electron chi connectivity index (χ1n) is 6.59. The molecule has 1 aromatic rings. The highest BCUT2D eigenvalue weighted by molar-refractivity contribution is 5.82. The first-order chi connectivity index (χ1) is 9.63. The molecule has 0 bridgehead atoms. The van der Waals surface area contributed by atoms with Crippen molar-refractivity contribution in [2.45, 2.75) is 18.9 Å². The third-order valence-corrected chi connectivity index (χ3v) is 2.78. The summed E-state index contributed by atoms with van der Waals surface area (Å²) in [5.41, 5.74) is 0.871. The van der Waals surface area contributed by atoms with Crippen LogP contribution in [0.25, 0.3) is 0 Å². The molecular weight excluding hydrogens is 258 g/mol. The number of nitrogens with one attached hydrogen (secondary N) is 3. The average molecular weight is 279 g/mol. The highest BCUT2D eigenvalue weighted by Crippen LogP contribution is 2.03. The van der Waals surface area contributed by atoms with Crippen molar-refractivity contribution in [3.63, 3.8) is 0 Å². The maximum absolute atomic E-state index is 11.6. The molecule has 1 atom stereocenters. The van der Waals surface area contributed by atoms with Crippen molar-refractivity contribution >= 4 is 12.0 Å². The van der Waals surface area contributed by atoms with Crippen molar-refractivity contribution < 1.29 is 14.7 Å². The van der Waals surface area contributed by atoms with Crippen LogP contribution < -0.4 is 16.0 Å². The number of rotatable bonds is 8. The first kappa shape index (κ1) is 16.0. The summed E-state index contributed by atoms with van der Waals surface area (Å²) in [6.07, 6.45) is 1.06. The summed E-state index contributed by atoms with van der Waals surface area (Å²) < 4.78 is 0. The summed E-state index contributed by atoms with van der Waals surface area (Å²) >= 11 is 0. The monoisotopic (exact) mass is 279 g/mol. The van der Waals surface area contributed by atoms with Gasteiger partial charge in [0.1, 0.15) is 6.04 Å². The predicted molar refractivity (Wildman–Crippen MR) is 76.6 cm³/mol. The molecule has 0 heterocycles. The Kier molecular flexibility index (Phi) is 7.13. The molecule has 6 nitrogen and oxygen atoms in total. The molecule has 0 aliphatic carbocycles. The number of carboxylic acid groups (broad SMARTS) is 1. The van der Waals surface area contributed by atoms with Gasteiger partial charge in [-0.2, -0.15) is 0 Å². The number of benzene rings is 1. The fourth-order valence-corrected chi connectivity index (χ4v) is 1.73.